The Bertz CT molecular complexity index is 493. The summed E-state index contributed by atoms with van der Waals surface area (Å²) < 4.78 is 5.83. The first-order chi connectivity index (χ1) is 9.79. The molecule has 1 amide bonds. The molecule has 118 valence electrons. The number of aromatic nitrogens is 1. The molecule has 0 radical (unpaired) electrons. The van der Waals surface area contributed by atoms with E-state index in [-0.39, 0.29) is 11.3 Å². The van der Waals surface area contributed by atoms with Crippen LogP contribution in [-0.4, -0.2) is 28.9 Å². The highest BCUT2D eigenvalue weighted by Gasteiger charge is 2.26. The van der Waals surface area contributed by atoms with Crippen molar-refractivity contribution in [2.24, 2.45) is 0 Å². The highest BCUT2D eigenvalue weighted by molar-refractivity contribution is 5.78. The molecule has 0 aromatic carbocycles. The van der Waals surface area contributed by atoms with Crippen LogP contribution in [0.15, 0.2) is 4.42 Å². The largest absolute Gasteiger partial charge is 0.444 e. The van der Waals surface area contributed by atoms with E-state index in [2.05, 4.69) is 25.8 Å². The fourth-order valence-corrected chi connectivity index (χ4v) is 2.85. The molecule has 21 heavy (non-hydrogen) atoms. The molecule has 0 unspecified atom stereocenters. The van der Waals surface area contributed by atoms with Crippen molar-refractivity contribution in [1.82, 2.24) is 9.88 Å². The van der Waals surface area contributed by atoms with Gasteiger partial charge in [0.15, 0.2) is 5.89 Å². The number of hydrogen-bond acceptors (Lipinski definition) is 3. The first-order valence-corrected chi connectivity index (χ1v) is 8.01. The quantitative estimate of drug-likeness (QED) is 0.855. The van der Waals surface area contributed by atoms with Gasteiger partial charge in [-0.25, -0.2) is 4.98 Å². The highest BCUT2D eigenvalue weighted by atomic mass is 16.4. The third-order valence-corrected chi connectivity index (χ3v) is 4.36. The summed E-state index contributed by atoms with van der Waals surface area (Å²) >= 11 is 0. The Balaban J connectivity index is 2.03. The lowest BCUT2D eigenvalue weighted by Gasteiger charge is -2.31. The zero-order valence-corrected chi connectivity index (χ0v) is 14.0. The minimum absolute atomic E-state index is 0.124. The van der Waals surface area contributed by atoms with E-state index in [1.54, 1.807) is 0 Å². The zero-order chi connectivity index (χ0) is 15.6. The van der Waals surface area contributed by atoms with Gasteiger partial charge in [0.2, 0.25) is 5.91 Å². The van der Waals surface area contributed by atoms with Crippen molar-refractivity contribution >= 4 is 5.91 Å². The van der Waals surface area contributed by atoms with Gasteiger partial charge in [0, 0.05) is 18.5 Å². The van der Waals surface area contributed by atoms with Crippen molar-refractivity contribution in [3.8, 4) is 0 Å². The van der Waals surface area contributed by atoms with E-state index in [1.165, 1.54) is 19.3 Å². The molecule has 1 fully saturated rings. The maximum absolute atomic E-state index is 12.5. The van der Waals surface area contributed by atoms with Crippen LogP contribution in [0.1, 0.15) is 70.2 Å². The van der Waals surface area contributed by atoms with Gasteiger partial charge >= 0.3 is 0 Å². The maximum atomic E-state index is 12.5. The van der Waals surface area contributed by atoms with Crippen LogP contribution < -0.4 is 0 Å². The van der Waals surface area contributed by atoms with Gasteiger partial charge in [-0.15, -0.1) is 0 Å². The summed E-state index contributed by atoms with van der Waals surface area (Å²) in [6.45, 7) is 8.12. The molecule has 0 atom stereocenters. The van der Waals surface area contributed by atoms with Crippen LogP contribution >= 0.6 is 0 Å². The number of oxazole rings is 1. The Labute approximate surface area is 127 Å². The number of aryl methyl sites for hydroxylation is 1. The number of amides is 1. The Hall–Kier alpha value is -1.32. The smallest absolute Gasteiger partial charge is 0.230 e. The lowest BCUT2D eigenvalue weighted by atomic mass is 9.94. The summed E-state index contributed by atoms with van der Waals surface area (Å²) in [5, 5.41) is 0. The normalized spacial score (nSPS) is 17.0. The summed E-state index contributed by atoms with van der Waals surface area (Å²) in [6, 6.07) is 0.400. The van der Waals surface area contributed by atoms with Gasteiger partial charge in [-0.3, -0.25) is 4.79 Å². The fraction of sp³-hybridized carbons (Fsp3) is 0.765. The monoisotopic (exact) mass is 292 g/mol. The van der Waals surface area contributed by atoms with Gasteiger partial charge in [0.05, 0.1) is 12.1 Å². The molecule has 1 heterocycles. The second kappa shape index (κ2) is 6.20. The number of carbonyl (C=O) groups excluding carboxylic acids is 1. The number of nitrogens with zero attached hydrogens (tertiary/aromatic N) is 2. The topological polar surface area (TPSA) is 46.3 Å². The summed E-state index contributed by atoms with van der Waals surface area (Å²) in [5.74, 6) is 1.57. The second-order valence-electron chi connectivity index (χ2n) is 7.25. The van der Waals surface area contributed by atoms with Gasteiger partial charge in [0.1, 0.15) is 5.76 Å². The van der Waals surface area contributed by atoms with E-state index >= 15 is 0 Å². The van der Waals surface area contributed by atoms with E-state index < -0.39 is 0 Å². The summed E-state index contributed by atoms with van der Waals surface area (Å²) in [6.07, 6.45) is 6.35. The van der Waals surface area contributed by atoms with E-state index in [1.807, 2.05) is 18.9 Å². The molecule has 0 bridgehead atoms. The van der Waals surface area contributed by atoms with Crippen molar-refractivity contribution in [2.75, 3.05) is 7.05 Å². The van der Waals surface area contributed by atoms with Crippen LogP contribution in [0.2, 0.25) is 0 Å². The lowest BCUT2D eigenvalue weighted by Crippen LogP contribution is -2.39. The van der Waals surface area contributed by atoms with Gasteiger partial charge in [-0.05, 0) is 19.8 Å². The molecule has 1 saturated carbocycles. The van der Waals surface area contributed by atoms with E-state index in [0.29, 0.717) is 24.1 Å². The van der Waals surface area contributed by atoms with E-state index in [9.17, 15) is 4.79 Å². The van der Waals surface area contributed by atoms with Crippen LogP contribution in [0.25, 0.3) is 0 Å². The van der Waals surface area contributed by atoms with E-state index in [4.69, 9.17) is 4.42 Å². The average Bonchev–Trinajstić information content (AvgIpc) is 2.80. The van der Waals surface area contributed by atoms with Crippen LogP contribution in [0.3, 0.4) is 0 Å². The summed E-state index contributed by atoms with van der Waals surface area (Å²) in [5.41, 5.74) is 0.715. The number of rotatable bonds is 3. The van der Waals surface area contributed by atoms with Crippen LogP contribution in [0.5, 0.6) is 0 Å². The third kappa shape index (κ3) is 3.86. The van der Waals surface area contributed by atoms with Crippen molar-refractivity contribution in [1.29, 1.82) is 0 Å². The van der Waals surface area contributed by atoms with E-state index in [0.717, 1.165) is 18.5 Å². The van der Waals surface area contributed by atoms with Crippen LogP contribution in [0, 0.1) is 6.92 Å². The molecule has 1 aliphatic rings. The van der Waals surface area contributed by atoms with Crippen LogP contribution in [0.4, 0.5) is 0 Å². The molecule has 1 aromatic heterocycles. The Morgan fingerprint density at radius 3 is 2.43 bits per heavy atom. The van der Waals surface area contributed by atoms with Crippen LogP contribution in [-0.2, 0) is 16.6 Å². The molecule has 0 aliphatic heterocycles. The number of likely N-dealkylation sites (N-methyl/N-ethyl adjacent to an activating group) is 1. The van der Waals surface area contributed by atoms with Gasteiger partial charge in [0.25, 0.3) is 0 Å². The number of hydrogen-bond donors (Lipinski definition) is 0. The molecular weight excluding hydrogens is 264 g/mol. The minimum Gasteiger partial charge on any atom is -0.444 e. The molecule has 4 heteroatoms. The van der Waals surface area contributed by atoms with Crippen molar-refractivity contribution in [3.05, 3.63) is 17.3 Å². The third-order valence-electron chi connectivity index (χ3n) is 4.36. The molecule has 1 aromatic rings. The second-order valence-corrected chi connectivity index (χ2v) is 7.25. The predicted molar refractivity (Wildman–Crippen MR) is 83.3 cm³/mol. The predicted octanol–water partition coefficient (Wildman–Crippen LogP) is 3.61. The van der Waals surface area contributed by atoms with Crippen molar-refractivity contribution < 1.29 is 9.21 Å². The molecule has 1 aliphatic carbocycles. The lowest BCUT2D eigenvalue weighted by molar-refractivity contribution is -0.132. The number of carbonyl (C=O) groups is 1. The SMILES string of the molecule is Cc1nc(C(C)(C)C)oc1CC(=O)N(C)C1CCCCC1. The molecule has 2 rings (SSSR count). The first kappa shape index (κ1) is 16.1. The molecular formula is C17H28N2O2. The van der Waals surface area contributed by atoms with Crippen molar-refractivity contribution in [2.45, 2.75) is 77.7 Å². The van der Waals surface area contributed by atoms with Gasteiger partial charge < -0.3 is 9.32 Å². The highest BCUT2D eigenvalue weighted by Crippen LogP contribution is 2.25. The standard InChI is InChI=1S/C17H28N2O2/c1-12-14(21-16(18-12)17(2,3)4)11-15(20)19(5)13-9-7-6-8-10-13/h13H,6-11H2,1-5H3. The van der Waals surface area contributed by atoms with Gasteiger partial charge in [-0.2, -0.15) is 0 Å². The average molecular weight is 292 g/mol. The molecule has 0 saturated heterocycles. The van der Waals surface area contributed by atoms with Gasteiger partial charge in [-0.1, -0.05) is 40.0 Å². The Kier molecular flexibility index (Phi) is 4.74. The summed E-state index contributed by atoms with van der Waals surface area (Å²) in [4.78, 5) is 18.8. The zero-order valence-electron chi connectivity index (χ0n) is 14.0. The fourth-order valence-electron chi connectivity index (χ4n) is 2.85. The molecule has 0 N–H and O–H groups in total. The molecule has 4 nitrogen and oxygen atoms in total. The minimum atomic E-state index is -0.124. The molecule has 0 spiro atoms. The van der Waals surface area contributed by atoms with Crippen molar-refractivity contribution in [3.63, 3.8) is 0 Å². The Morgan fingerprint density at radius 2 is 1.90 bits per heavy atom. The maximum Gasteiger partial charge on any atom is 0.230 e. The summed E-state index contributed by atoms with van der Waals surface area (Å²) in [7, 11) is 1.93. The first-order valence-electron chi connectivity index (χ1n) is 8.01. The Morgan fingerprint density at radius 1 is 1.29 bits per heavy atom.